The molecular formula is C22H24ClN7O. The molecule has 0 unspecified atom stereocenters. The number of aromatic nitrogens is 3. The number of anilines is 4. The van der Waals surface area contributed by atoms with E-state index in [0.29, 0.717) is 36.1 Å². The van der Waals surface area contributed by atoms with E-state index in [2.05, 4.69) is 53.9 Å². The summed E-state index contributed by atoms with van der Waals surface area (Å²) in [6.07, 6.45) is 1.64. The Bertz CT molecular complexity index is 1080. The van der Waals surface area contributed by atoms with Gasteiger partial charge in [0.25, 0.3) is 0 Å². The summed E-state index contributed by atoms with van der Waals surface area (Å²) in [6, 6.07) is 13.7. The second-order valence-electron chi connectivity index (χ2n) is 7.22. The molecule has 0 spiro atoms. The van der Waals surface area contributed by atoms with E-state index in [4.69, 9.17) is 16.3 Å². The zero-order chi connectivity index (χ0) is 21.6. The van der Waals surface area contributed by atoms with Crippen LogP contribution in [0.2, 0.25) is 5.02 Å². The lowest BCUT2D eigenvalue weighted by atomic mass is 10.1. The van der Waals surface area contributed by atoms with Crippen molar-refractivity contribution in [2.75, 3.05) is 41.9 Å². The number of nitrogens with zero attached hydrogens (tertiary/aromatic N) is 5. The maximum absolute atomic E-state index is 6.19. The van der Waals surface area contributed by atoms with E-state index in [1.54, 1.807) is 6.21 Å². The predicted octanol–water partition coefficient (Wildman–Crippen LogP) is 4.17. The quantitative estimate of drug-likeness (QED) is 0.442. The van der Waals surface area contributed by atoms with Gasteiger partial charge in [-0.1, -0.05) is 41.9 Å². The molecular weight excluding hydrogens is 414 g/mol. The average Bonchev–Trinajstić information content (AvgIpc) is 2.78. The van der Waals surface area contributed by atoms with Crippen LogP contribution in [-0.4, -0.2) is 47.5 Å². The first-order chi connectivity index (χ1) is 15.1. The lowest BCUT2D eigenvalue weighted by Gasteiger charge is -2.27. The Morgan fingerprint density at radius 3 is 2.61 bits per heavy atom. The van der Waals surface area contributed by atoms with E-state index in [1.165, 1.54) is 0 Å². The zero-order valence-electron chi connectivity index (χ0n) is 17.5. The number of benzene rings is 2. The molecule has 2 heterocycles. The summed E-state index contributed by atoms with van der Waals surface area (Å²) in [5, 5.41) is 8.19. The number of ether oxygens (including phenoxy) is 1. The summed E-state index contributed by atoms with van der Waals surface area (Å²) in [5.41, 5.74) is 6.90. The highest BCUT2D eigenvalue weighted by Gasteiger charge is 2.17. The molecule has 0 radical (unpaired) electrons. The molecule has 0 atom stereocenters. The minimum absolute atomic E-state index is 0.340. The highest BCUT2D eigenvalue weighted by Crippen LogP contribution is 2.22. The third kappa shape index (κ3) is 5.48. The molecule has 0 amide bonds. The fraction of sp³-hybridized carbons (Fsp3) is 0.273. The molecule has 1 aromatic heterocycles. The van der Waals surface area contributed by atoms with Crippen LogP contribution >= 0.6 is 11.6 Å². The molecule has 31 heavy (non-hydrogen) atoms. The second-order valence-corrected chi connectivity index (χ2v) is 7.62. The molecule has 3 aromatic rings. The fourth-order valence-corrected chi connectivity index (χ4v) is 3.29. The van der Waals surface area contributed by atoms with E-state index < -0.39 is 0 Å². The van der Waals surface area contributed by atoms with Crippen molar-refractivity contribution in [2.45, 2.75) is 13.8 Å². The topological polar surface area (TPSA) is 87.6 Å². The van der Waals surface area contributed by atoms with Crippen LogP contribution in [0.25, 0.3) is 0 Å². The van der Waals surface area contributed by atoms with E-state index in [0.717, 1.165) is 35.5 Å². The Labute approximate surface area is 186 Å². The fourth-order valence-electron chi connectivity index (χ4n) is 3.11. The first-order valence-corrected chi connectivity index (χ1v) is 10.4. The maximum Gasteiger partial charge on any atom is 0.250 e. The molecule has 2 N–H and O–H groups in total. The lowest BCUT2D eigenvalue weighted by Crippen LogP contribution is -2.37. The van der Waals surface area contributed by atoms with Crippen LogP contribution in [0.3, 0.4) is 0 Å². The lowest BCUT2D eigenvalue weighted by molar-refractivity contribution is 0.122. The largest absolute Gasteiger partial charge is 0.378 e. The van der Waals surface area contributed by atoms with Gasteiger partial charge in [0.15, 0.2) is 0 Å². The van der Waals surface area contributed by atoms with Crippen LogP contribution in [0.5, 0.6) is 0 Å². The summed E-state index contributed by atoms with van der Waals surface area (Å²) in [5.74, 6) is 1.36. The number of aryl methyl sites for hydroxylation is 2. The van der Waals surface area contributed by atoms with Gasteiger partial charge < -0.3 is 15.0 Å². The first kappa shape index (κ1) is 21.0. The van der Waals surface area contributed by atoms with Crippen LogP contribution < -0.4 is 15.6 Å². The molecule has 1 aliphatic rings. The van der Waals surface area contributed by atoms with Crippen molar-refractivity contribution in [3.05, 3.63) is 64.2 Å². The molecule has 1 saturated heterocycles. The number of hydrazone groups is 1. The van der Waals surface area contributed by atoms with Gasteiger partial charge in [-0.25, -0.2) is 5.43 Å². The Morgan fingerprint density at radius 1 is 1.03 bits per heavy atom. The Morgan fingerprint density at radius 2 is 1.81 bits per heavy atom. The van der Waals surface area contributed by atoms with Crippen molar-refractivity contribution in [2.24, 2.45) is 5.10 Å². The van der Waals surface area contributed by atoms with Crippen molar-refractivity contribution in [3.63, 3.8) is 0 Å². The monoisotopic (exact) mass is 437 g/mol. The molecule has 0 saturated carbocycles. The van der Waals surface area contributed by atoms with Gasteiger partial charge in [-0.3, -0.25) is 0 Å². The minimum atomic E-state index is 0.340. The molecule has 2 aromatic carbocycles. The summed E-state index contributed by atoms with van der Waals surface area (Å²) < 4.78 is 5.45. The molecule has 0 bridgehead atoms. The predicted molar refractivity (Wildman–Crippen MR) is 125 cm³/mol. The van der Waals surface area contributed by atoms with Gasteiger partial charge in [-0.05, 0) is 37.1 Å². The maximum atomic E-state index is 6.19. The van der Waals surface area contributed by atoms with Gasteiger partial charge in [-0.2, -0.15) is 20.1 Å². The summed E-state index contributed by atoms with van der Waals surface area (Å²) >= 11 is 6.19. The van der Waals surface area contributed by atoms with Crippen LogP contribution in [0.1, 0.15) is 16.7 Å². The first-order valence-electron chi connectivity index (χ1n) is 10.0. The zero-order valence-corrected chi connectivity index (χ0v) is 18.2. The van der Waals surface area contributed by atoms with Crippen molar-refractivity contribution >= 4 is 41.3 Å². The van der Waals surface area contributed by atoms with Gasteiger partial charge in [0.1, 0.15) is 0 Å². The van der Waals surface area contributed by atoms with Crippen molar-refractivity contribution in [1.29, 1.82) is 0 Å². The highest BCUT2D eigenvalue weighted by atomic mass is 35.5. The van der Waals surface area contributed by atoms with Crippen molar-refractivity contribution in [1.82, 2.24) is 15.0 Å². The molecule has 160 valence electrons. The molecule has 9 heteroatoms. The number of halogens is 1. The Kier molecular flexibility index (Phi) is 6.59. The SMILES string of the molecule is Cc1ccc(C)c(Nc2nc(N/N=C/c3ccccc3Cl)nc(N3CCOCC3)n2)c1. The standard InChI is InChI=1S/C22H24ClN7O/c1-15-7-8-16(2)19(13-15)25-20-26-21(28-22(27-20)30-9-11-31-12-10-30)29-24-14-17-5-3-4-6-18(17)23/h3-8,13-14H,9-12H2,1-2H3,(H2,25,26,27,28,29)/b24-14+. The minimum Gasteiger partial charge on any atom is -0.378 e. The van der Waals surface area contributed by atoms with E-state index in [9.17, 15) is 0 Å². The molecule has 1 fully saturated rings. The van der Waals surface area contributed by atoms with Crippen molar-refractivity contribution in [3.8, 4) is 0 Å². The van der Waals surface area contributed by atoms with E-state index >= 15 is 0 Å². The van der Waals surface area contributed by atoms with Gasteiger partial charge >= 0.3 is 0 Å². The number of hydrogen-bond acceptors (Lipinski definition) is 8. The highest BCUT2D eigenvalue weighted by molar-refractivity contribution is 6.33. The van der Waals surface area contributed by atoms with Gasteiger partial charge in [0.05, 0.1) is 19.4 Å². The summed E-state index contributed by atoms with van der Waals surface area (Å²) in [4.78, 5) is 15.7. The summed E-state index contributed by atoms with van der Waals surface area (Å²) in [6.45, 7) is 6.80. The Hall–Kier alpha value is -3.23. The third-order valence-corrected chi connectivity index (χ3v) is 5.17. The summed E-state index contributed by atoms with van der Waals surface area (Å²) in [7, 11) is 0. The number of hydrogen-bond donors (Lipinski definition) is 2. The van der Waals surface area contributed by atoms with Crippen LogP contribution in [0, 0.1) is 13.8 Å². The van der Waals surface area contributed by atoms with Crippen LogP contribution in [0.15, 0.2) is 47.6 Å². The molecule has 0 aliphatic carbocycles. The number of rotatable bonds is 6. The van der Waals surface area contributed by atoms with Crippen molar-refractivity contribution < 1.29 is 4.74 Å². The van der Waals surface area contributed by atoms with Gasteiger partial charge in [-0.15, -0.1) is 0 Å². The third-order valence-electron chi connectivity index (χ3n) is 4.83. The molecule has 4 rings (SSSR count). The van der Waals surface area contributed by atoms with Gasteiger partial charge in [0.2, 0.25) is 17.8 Å². The number of nitrogens with one attached hydrogen (secondary N) is 2. The van der Waals surface area contributed by atoms with Gasteiger partial charge in [0, 0.05) is 29.4 Å². The van der Waals surface area contributed by atoms with E-state index in [1.807, 2.05) is 38.1 Å². The van der Waals surface area contributed by atoms with Crippen LogP contribution in [0.4, 0.5) is 23.5 Å². The van der Waals surface area contributed by atoms with Crippen LogP contribution in [-0.2, 0) is 4.74 Å². The normalized spacial score (nSPS) is 14.1. The smallest absolute Gasteiger partial charge is 0.250 e. The Balaban J connectivity index is 1.61. The molecule has 1 aliphatic heterocycles. The molecule has 8 nitrogen and oxygen atoms in total. The average molecular weight is 438 g/mol. The number of morpholine rings is 1. The van der Waals surface area contributed by atoms with E-state index in [-0.39, 0.29) is 0 Å². The second kappa shape index (κ2) is 9.72.